The molecule has 0 aromatic heterocycles. The van der Waals surface area contributed by atoms with E-state index in [0.29, 0.717) is 15.8 Å². The number of aliphatic carboxylic acids is 1. The van der Waals surface area contributed by atoms with E-state index in [2.05, 4.69) is 0 Å². The van der Waals surface area contributed by atoms with Crippen LogP contribution in [0.4, 0.5) is 0 Å². The minimum atomic E-state index is -1.01. The fourth-order valence-electron chi connectivity index (χ4n) is 1.94. The predicted molar refractivity (Wildman–Crippen MR) is 83.4 cm³/mol. The molecular weight excluding hydrogens is 311 g/mol. The molecule has 0 radical (unpaired) electrons. The van der Waals surface area contributed by atoms with E-state index in [4.69, 9.17) is 27.9 Å². The Morgan fingerprint density at radius 1 is 1.14 bits per heavy atom. The van der Waals surface area contributed by atoms with Crippen molar-refractivity contribution in [1.29, 1.82) is 0 Å². The number of carboxylic acids is 1. The van der Waals surface area contributed by atoms with Gasteiger partial charge >= 0.3 is 5.97 Å². The van der Waals surface area contributed by atoms with Crippen LogP contribution in [-0.4, -0.2) is 17.2 Å². The number of ether oxygens (including phenoxy) is 1. The van der Waals surface area contributed by atoms with Gasteiger partial charge in [0, 0.05) is 16.5 Å². The van der Waals surface area contributed by atoms with E-state index >= 15 is 0 Å². The van der Waals surface area contributed by atoms with Crippen molar-refractivity contribution in [3.63, 3.8) is 0 Å². The number of benzene rings is 2. The molecule has 2 rings (SSSR count). The second-order valence-corrected chi connectivity index (χ2v) is 5.55. The first-order valence-electron chi connectivity index (χ1n) is 6.36. The van der Waals surface area contributed by atoms with Crippen LogP contribution in [0.15, 0.2) is 42.5 Å². The molecule has 0 aliphatic heterocycles. The maximum absolute atomic E-state index is 11.4. The molecule has 3 nitrogen and oxygen atoms in total. The number of aryl methyl sites for hydroxylation is 1. The highest BCUT2D eigenvalue weighted by atomic mass is 35.5. The Labute approximate surface area is 133 Å². The Balaban J connectivity index is 2.15. The minimum absolute atomic E-state index is 0.265. The average molecular weight is 325 g/mol. The van der Waals surface area contributed by atoms with Gasteiger partial charge in [-0.3, -0.25) is 0 Å². The highest BCUT2D eigenvalue weighted by molar-refractivity contribution is 6.30. The second-order valence-electron chi connectivity index (χ2n) is 4.67. The lowest BCUT2D eigenvalue weighted by Gasteiger charge is -2.16. The number of halogens is 2. The summed E-state index contributed by atoms with van der Waals surface area (Å²) in [6, 6.07) is 12.0. The quantitative estimate of drug-likeness (QED) is 0.887. The second kappa shape index (κ2) is 6.83. The molecule has 0 saturated heterocycles. The Morgan fingerprint density at radius 2 is 1.76 bits per heavy atom. The van der Waals surface area contributed by atoms with Crippen LogP contribution in [0.3, 0.4) is 0 Å². The monoisotopic (exact) mass is 324 g/mol. The number of hydrogen-bond donors (Lipinski definition) is 1. The summed E-state index contributed by atoms with van der Waals surface area (Å²) in [5, 5.41) is 10.5. The SMILES string of the molecule is Cc1cc(Cl)ccc1C[C@@H](Oc1ccc(Cl)cc1)C(=O)O. The van der Waals surface area contributed by atoms with Gasteiger partial charge in [0.2, 0.25) is 0 Å². The lowest BCUT2D eigenvalue weighted by Crippen LogP contribution is -2.29. The van der Waals surface area contributed by atoms with E-state index < -0.39 is 12.1 Å². The molecule has 5 heteroatoms. The molecule has 1 N–H and O–H groups in total. The van der Waals surface area contributed by atoms with Gasteiger partial charge in [0.15, 0.2) is 6.10 Å². The first-order chi connectivity index (χ1) is 9.95. The summed E-state index contributed by atoms with van der Waals surface area (Å²) in [6.07, 6.45) is -0.702. The summed E-state index contributed by atoms with van der Waals surface area (Å²) in [5.74, 6) is -0.544. The molecule has 0 fully saturated rings. The van der Waals surface area contributed by atoms with Crippen molar-refractivity contribution >= 4 is 29.2 Å². The number of hydrogen-bond acceptors (Lipinski definition) is 2. The Bertz CT molecular complexity index is 638. The predicted octanol–water partition coefficient (Wildman–Crippen LogP) is 4.38. The molecule has 0 aliphatic carbocycles. The first kappa shape index (κ1) is 15.7. The molecule has 0 spiro atoms. The Kier molecular flexibility index (Phi) is 5.10. The minimum Gasteiger partial charge on any atom is -0.478 e. The third kappa shape index (κ3) is 4.38. The molecule has 1 atom stereocenters. The van der Waals surface area contributed by atoms with Crippen LogP contribution in [0.1, 0.15) is 11.1 Å². The standard InChI is InChI=1S/C16H14Cl2O3/c1-10-8-13(18)3-2-11(10)9-15(16(19)20)21-14-6-4-12(17)5-7-14/h2-8,15H,9H2,1H3,(H,19,20)/t15-/m1/s1. The average Bonchev–Trinajstić information content (AvgIpc) is 2.43. The zero-order valence-electron chi connectivity index (χ0n) is 11.3. The molecule has 0 unspecified atom stereocenters. The van der Waals surface area contributed by atoms with Gasteiger partial charge in [0.25, 0.3) is 0 Å². The Morgan fingerprint density at radius 3 is 2.33 bits per heavy atom. The third-order valence-electron chi connectivity index (χ3n) is 3.08. The molecule has 2 aromatic rings. The highest BCUT2D eigenvalue weighted by Gasteiger charge is 2.21. The van der Waals surface area contributed by atoms with Crippen LogP contribution >= 0.6 is 23.2 Å². The van der Waals surface area contributed by atoms with Crippen LogP contribution in [-0.2, 0) is 11.2 Å². The molecule has 0 aliphatic rings. The topological polar surface area (TPSA) is 46.5 Å². The van der Waals surface area contributed by atoms with Gasteiger partial charge in [-0.05, 0) is 54.4 Å². The lowest BCUT2D eigenvalue weighted by atomic mass is 10.0. The van der Waals surface area contributed by atoms with Crippen LogP contribution in [0.2, 0.25) is 10.0 Å². The normalized spacial score (nSPS) is 12.0. The van der Waals surface area contributed by atoms with Gasteiger partial charge in [-0.1, -0.05) is 29.3 Å². The van der Waals surface area contributed by atoms with Gasteiger partial charge in [0.05, 0.1) is 0 Å². The molecule has 0 bridgehead atoms. The van der Waals surface area contributed by atoms with Gasteiger partial charge in [-0.2, -0.15) is 0 Å². The zero-order valence-corrected chi connectivity index (χ0v) is 12.9. The van der Waals surface area contributed by atoms with E-state index in [1.807, 2.05) is 13.0 Å². The van der Waals surface area contributed by atoms with Gasteiger partial charge < -0.3 is 9.84 Å². The molecular formula is C16H14Cl2O3. The van der Waals surface area contributed by atoms with Gasteiger partial charge in [-0.15, -0.1) is 0 Å². The largest absolute Gasteiger partial charge is 0.478 e. The zero-order chi connectivity index (χ0) is 15.4. The number of carbonyl (C=O) groups is 1. The molecule has 0 amide bonds. The van der Waals surface area contributed by atoms with Crippen LogP contribution in [0.5, 0.6) is 5.75 Å². The summed E-state index contributed by atoms with van der Waals surface area (Å²) in [6.45, 7) is 1.89. The van der Waals surface area contributed by atoms with E-state index in [9.17, 15) is 9.90 Å². The van der Waals surface area contributed by atoms with Crippen LogP contribution in [0.25, 0.3) is 0 Å². The van der Waals surface area contributed by atoms with Crippen molar-refractivity contribution < 1.29 is 14.6 Å². The third-order valence-corrected chi connectivity index (χ3v) is 3.56. The van der Waals surface area contributed by atoms with Crippen molar-refractivity contribution in [3.05, 3.63) is 63.6 Å². The fourth-order valence-corrected chi connectivity index (χ4v) is 2.30. The number of carboxylic acid groups (broad SMARTS) is 1. The molecule has 110 valence electrons. The maximum Gasteiger partial charge on any atom is 0.345 e. The summed E-state index contributed by atoms with van der Waals surface area (Å²) >= 11 is 11.7. The van der Waals surface area contributed by atoms with Crippen molar-refractivity contribution in [3.8, 4) is 5.75 Å². The highest BCUT2D eigenvalue weighted by Crippen LogP contribution is 2.21. The lowest BCUT2D eigenvalue weighted by molar-refractivity contribution is -0.145. The van der Waals surface area contributed by atoms with Gasteiger partial charge in [0.1, 0.15) is 5.75 Å². The van der Waals surface area contributed by atoms with E-state index in [1.54, 1.807) is 36.4 Å². The van der Waals surface area contributed by atoms with Gasteiger partial charge in [-0.25, -0.2) is 4.79 Å². The van der Waals surface area contributed by atoms with Crippen molar-refractivity contribution in [1.82, 2.24) is 0 Å². The van der Waals surface area contributed by atoms with Crippen LogP contribution in [0, 0.1) is 6.92 Å². The van der Waals surface area contributed by atoms with Crippen molar-refractivity contribution in [2.45, 2.75) is 19.4 Å². The summed E-state index contributed by atoms with van der Waals surface area (Å²) in [4.78, 5) is 11.4. The van der Waals surface area contributed by atoms with E-state index in [1.165, 1.54) is 0 Å². The van der Waals surface area contributed by atoms with E-state index in [-0.39, 0.29) is 6.42 Å². The molecule has 2 aromatic carbocycles. The van der Waals surface area contributed by atoms with E-state index in [0.717, 1.165) is 11.1 Å². The summed E-state index contributed by atoms with van der Waals surface area (Å²) in [5.41, 5.74) is 1.83. The molecule has 0 heterocycles. The van der Waals surface area contributed by atoms with Crippen LogP contribution < -0.4 is 4.74 Å². The molecule has 21 heavy (non-hydrogen) atoms. The first-order valence-corrected chi connectivity index (χ1v) is 7.11. The smallest absolute Gasteiger partial charge is 0.345 e. The van der Waals surface area contributed by atoms with Crippen molar-refractivity contribution in [2.24, 2.45) is 0 Å². The summed E-state index contributed by atoms with van der Waals surface area (Å²) < 4.78 is 5.53. The number of rotatable bonds is 5. The maximum atomic E-state index is 11.4. The summed E-state index contributed by atoms with van der Waals surface area (Å²) in [7, 11) is 0. The van der Waals surface area contributed by atoms with Crippen molar-refractivity contribution in [2.75, 3.05) is 0 Å². The molecule has 0 saturated carbocycles. The Hall–Kier alpha value is -1.71. The fraction of sp³-hybridized carbons (Fsp3) is 0.188.